The Bertz CT molecular complexity index is 753. The highest BCUT2D eigenvalue weighted by Crippen LogP contribution is 2.32. The van der Waals surface area contributed by atoms with E-state index in [4.69, 9.17) is 4.42 Å². The normalized spacial score (nSPS) is 13.0. The first kappa shape index (κ1) is 17.1. The van der Waals surface area contributed by atoms with Crippen LogP contribution in [-0.2, 0) is 6.42 Å². The molecule has 0 unspecified atom stereocenters. The van der Waals surface area contributed by atoms with Crippen molar-refractivity contribution in [3.05, 3.63) is 47.9 Å². The third-order valence-electron chi connectivity index (χ3n) is 4.22. The first-order valence-electron chi connectivity index (χ1n) is 8.57. The molecule has 3 amide bonds. The second-order valence-corrected chi connectivity index (χ2v) is 6.59. The van der Waals surface area contributed by atoms with Crippen LogP contribution in [0.1, 0.15) is 36.4 Å². The quantitative estimate of drug-likeness (QED) is 0.872. The van der Waals surface area contributed by atoms with Crippen molar-refractivity contribution in [2.75, 3.05) is 23.3 Å². The number of hydrogen-bond acceptors (Lipinski definition) is 3. The van der Waals surface area contributed by atoms with Gasteiger partial charge in [-0.2, -0.15) is 0 Å². The van der Waals surface area contributed by atoms with E-state index < -0.39 is 0 Å². The van der Waals surface area contributed by atoms with E-state index in [9.17, 15) is 9.59 Å². The van der Waals surface area contributed by atoms with Gasteiger partial charge in [0.15, 0.2) is 5.76 Å². The molecule has 132 valence electrons. The molecule has 0 spiro atoms. The zero-order valence-corrected chi connectivity index (χ0v) is 14.5. The number of urea groups is 1. The van der Waals surface area contributed by atoms with Crippen molar-refractivity contribution in [3.63, 3.8) is 0 Å². The lowest BCUT2D eigenvalue weighted by Crippen LogP contribution is -2.30. The number of rotatable bonds is 5. The molecule has 1 aliphatic rings. The molecular formula is C19H23N3O3. The average Bonchev–Trinajstić information content (AvgIpc) is 3.23. The van der Waals surface area contributed by atoms with Crippen LogP contribution in [0.5, 0.6) is 0 Å². The molecule has 0 aliphatic carbocycles. The van der Waals surface area contributed by atoms with Gasteiger partial charge in [0.25, 0.3) is 5.91 Å². The number of carbonyl (C=O) groups is 2. The topological polar surface area (TPSA) is 74.6 Å². The van der Waals surface area contributed by atoms with Gasteiger partial charge in [0.05, 0.1) is 6.26 Å². The van der Waals surface area contributed by atoms with Crippen LogP contribution in [0.15, 0.2) is 41.0 Å². The molecule has 0 saturated heterocycles. The molecule has 0 bridgehead atoms. The first-order chi connectivity index (χ1) is 12.0. The van der Waals surface area contributed by atoms with Gasteiger partial charge in [0.1, 0.15) is 0 Å². The van der Waals surface area contributed by atoms with Crippen molar-refractivity contribution in [1.82, 2.24) is 5.32 Å². The highest BCUT2D eigenvalue weighted by molar-refractivity contribution is 6.06. The summed E-state index contributed by atoms with van der Waals surface area (Å²) in [6, 6.07) is 8.78. The van der Waals surface area contributed by atoms with E-state index in [0.717, 1.165) is 24.1 Å². The molecule has 0 saturated carbocycles. The standard InChI is InChI=1S/C19H23N3O3/c1-13(2)7-9-20-19(24)21-15-6-5-14-8-10-22(16(14)12-15)18(23)17-4-3-11-25-17/h3-6,11-13H,7-10H2,1-2H3,(H2,20,21,24). The Morgan fingerprint density at radius 3 is 2.84 bits per heavy atom. The smallest absolute Gasteiger partial charge is 0.319 e. The van der Waals surface area contributed by atoms with Gasteiger partial charge in [-0.05, 0) is 48.6 Å². The molecule has 1 aromatic heterocycles. The molecule has 3 rings (SSSR count). The highest BCUT2D eigenvalue weighted by Gasteiger charge is 2.27. The molecule has 2 N–H and O–H groups in total. The Kier molecular flexibility index (Phi) is 5.07. The summed E-state index contributed by atoms with van der Waals surface area (Å²) in [6.07, 6.45) is 3.22. The molecule has 2 heterocycles. The Balaban J connectivity index is 1.68. The minimum Gasteiger partial charge on any atom is -0.459 e. The summed E-state index contributed by atoms with van der Waals surface area (Å²) in [6.45, 7) is 5.48. The Morgan fingerprint density at radius 1 is 1.28 bits per heavy atom. The van der Waals surface area contributed by atoms with Crippen LogP contribution in [0.2, 0.25) is 0 Å². The van der Waals surface area contributed by atoms with Gasteiger partial charge in [-0.15, -0.1) is 0 Å². The second-order valence-electron chi connectivity index (χ2n) is 6.59. The molecule has 1 aromatic carbocycles. The van der Waals surface area contributed by atoms with E-state index in [2.05, 4.69) is 24.5 Å². The maximum Gasteiger partial charge on any atom is 0.319 e. The van der Waals surface area contributed by atoms with E-state index in [1.54, 1.807) is 17.0 Å². The molecule has 1 aliphatic heterocycles. The molecule has 25 heavy (non-hydrogen) atoms. The van der Waals surface area contributed by atoms with Crippen molar-refractivity contribution in [2.24, 2.45) is 5.92 Å². The van der Waals surface area contributed by atoms with Crippen LogP contribution in [0.3, 0.4) is 0 Å². The number of hydrogen-bond donors (Lipinski definition) is 2. The number of benzene rings is 1. The van der Waals surface area contributed by atoms with Crippen molar-refractivity contribution in [2.45, 2.75) is 26.7 Å². The number of nitrogens with one attached hydrogen (secondary N) is 2. The second kappa shape index (κ2) is 7.42. The Hall–Kier alpha value is -2.76. The van der Waals surface area contributed by atoms with Crippen molar-refractivity contribution in [3.8, 4) is 0 Å². The van der Waals surface area contributed by atoms with Gasteiger partial charge in [0.2, 0.25) is 0 Å². The van der Waals surface area contributed by atoms with Crippen LogP contribution >= 0.6 is 0 Å². The summed E-state index contributed by atoms with van der Waals surface area (Å²) < 4.78 is 5.21. The molecule has 6 nitrogen and oxygen atoms in total. The predicted octanol–water partition coefficient (Wildman–Crippen LogP) is 3.65. The number of fused-ring (bicyclic) bond motifs is 1. The summed E-state index contributed by atoms with van der Waals surface area (Å²) in [5.74, 6) is 0.696. The minimum atomic E-state index is -0.234. The zero-order chi connectivity index (χ0) is 17.8. The van der Waals surface area contributed by atoms with Gasteiger partial charge in [0, 0.05) is 24.5 Å². The number of carbonyl (C=O) groups excluding carboxylic acids is 2. The fourth-order valence-electron chi connectivity index (χ4n) is 2.85. The fourth-order valence-corrected chi connectivity index (χ4v) is 2.85. The summed E-state index contributed by atoms with van der Waals surface area (Å²) in [7, 11) is 0. The monoisotopic (exact) mass is 341 g/mol. The van der Waals surface area contributed by atoms with Crippen LogP contribution in [0, 0.1) is 5.92 Å². The number of furan rings is 1. The number of amides is 3. The Morgan fingerprint density at radius 2 is 2.12 bits per heavy atom. The summed E-state index contributed by atoms with van der Waals surface area (Å²) >= 11 is 0. The van der Waals surface area contributed by atoms with Crippen molar-refractivity contribution < 1.29 is 14.0 Å². The largest absolute Gasteiger partial charge is 0.459 e. The maximum atomic E-state index is 12.5. The SMILES string of the molecule is CC(C)CCNC(=O)Nc1ccc2c(c1)N(C(=O)c1ccco1)CC2. The highest BCUT2D eigenvalue weighted by atomic mass is 16.3. The number of anilines is 2. The van der Waals surface area contributed by atoms with E-state index in [-0.39, 0.29) is 11.9 Å². The van der Waals surface area contributed by atoms with E-state index in [0.29, 0.717) is 30.5 Å². The molecular weight excluding hydrogens is 318 g/mol. The van der Waals surface area contributed by atoms with Crippen LogP contribution in [0.4, 0.5) is 16.2 Å². The third-order valence-corrected chi connectivity index (χ3v) is 4.22. The lowest BCUT2D eigenvalue weighted by Gasteiger charge is -2.17. The van der Waals surface area contributed by atoms with Gasteiger partial charge in [-0.25, -0.2) is 4.79 Å². The van der Waals surface area contributed by atoms with Crippen molar-refractivity contribution in [1.29, 1.82) is 0 Å². The van der Waals surface area contributed by atoms with E-state index >= 15 is 0 Å². The van der Waals surface area contributed by atoms with Gasteiger partial charge >= 0.3 is 6.03 Å². The van der Waals surface area contributed by atoms with Crippen molar-refractivity contribution >= 4 is 23.3 Å². The van der Waals surface area contributed by atoms with Gasteiger partial charge in [-0.3, -0.25) is 4.79 Å². The summed E-state index contributed by atoms with van der Waals surface area (Å²) in [5.41, 5.74) is 2.58. The first-order valence-corrected chi connectivity index (χ1v) is 8.57. The molecule has 6 heteroatoms. The van der Waals surface area contributed by atoms with E-state index in [1.807, 2.05) is 18.2 Å². The zero-order valence-electron chi connectivity index (χ0n) is 14.5. The molecule has 0 fully saturated rings. The van der Waals surface area contributed by atoms with Crippen LogP contribution < -0.4 is 15.5 Å². The third kappa shape index (κ3) is 4.02. The maximum absolute atomic E-state index is 12.5. The van der Waals surface area contributed by atoms with Crippen LogP contribution in [0.25, 0.3) is 0 Å². The van der Waals surface area contributed by atoms with Gasteiger partial charge < -0.3 is 20.0 Å². The molecule has 0 atom stereocenters. The summed E-state index contributed by atoms with van der Waals surface area (Å²) in [5, 5.41) is 5.67. The van der Waals surface area contributed by atoms with E-state index in [1.165, 1.54) is 6.26 Å². The lowest BCUT2D eigenvalue weighted by atomic mass is 10.1. The predicted molar refractivity (Wildman–Crippen MR) is 97.0 cm³/mol. The molecule has 0 radical (unpaired) electrons. The lowest BCUT2D eigenvalue weighted by molar-refractivity contribution is 0.0963. The molecule has 2 aromatic rings. The summed E-state index contributed by atoms with van der Waals surface area (Å²) in [4.78, 5) is 26.2. The minimum absolute atomic E-state index is 0.165. The Labute approximate surface area is 147 Å². The number of nitrogens with zero attached hydrogens (tertiary/aromatic N) is 1. The van der Waals surface area contributed by atoms with Crippen LogP contribution in [-0.4, -0.2) is 25.0 Å². The fraction of sp³-hybridized carbons (Fsp3) is 0.368. The average molecular weight is 341 g/mol. The van der Waals surface area contributed by atoms with Gasteiger partial charge in [-0.1, -0.05) is 19.9 Å².